The lowest BCUT2D eigenvalue weighted by Crippen LogP contribution is -2.57. The van der Waals surface area contributed by atoms with E-state index in [2.05, 4.69) is 5.32 Å². The third-order valence-electron chi connectivity index (χ3n) is 7.06. The van der Waals surface area contributed by atoms with Crippen LogP contribution in [0.4, 0.5) is 0 Å². The fourth-order valence-corrected chi connectivity index (χ4v) is 7.09. The van der Waals surface area contributed by atoms with Crippen molar-refractivity contribution in [3.8, 4) is 16.9 Å². The van der Waals surface area contributed by atoms with E-state index < -0.39 is 32.5 Å². The Morgan fingerprint density at radius 2 is 1.54 bits per heavy atom. The summed E-state index contributed by atoms with van der Waals surface area (Å²) in [5.41, 5.74) is 2.52. The third-order valence-corrected chi connectivity index (χ3v) is 9.57. The summed E-state index contributed by atoms with van der Waals surface area (Å²) in [6.07, 6.45) is 2.35. The lowest BCUT2D eigenvalue weighted by Gasteiger charge is -2.36. The molecule has 1 aliphatic carbocycles. The number of rotatable bonds is 9. The topological polar surface area (TPSA) is 110 Å². The second-order valence-electron chi connectivity index (χ2n) is 9.34. The Labute approximate surface area is 217 Å². The minimum absolute atomic E-state index is 0.0226. The molecule has 0 aromatic heterocycles. The number of carbonyl (C=O) groups is 2. The van der Waals surface area contributed by atoms with Crippen molar-refractivity contribution in [2.45, 2.75) is 54.2 Å². The summed E-state index contributed by atoms with van der Waals surface area (Å²) in [6.45, 7) is 0. The van der Waals surface area contributed by atoms with Crippen molar-refractivity contribution in [2.24, 2.45) is 0 Å². The minimum Gasteiger partial charge on any atom is -0.496 e. The maximum absolute atomic E-state index is 13.7. The van der Waals surface area contributed by atoms with Gasteiger partial charge in [-0.05, 0) is 42.2 Å². The first kappa shape index (κ1) is 26.4. The van der Waals surface area contributed by atoms with E-state index in [0.29, 0.717) is 18.4 Å². The molecule has 3 aromatic rings. The molecule has 1 aliphatic rings. The summed E-state index contributed by atoms with van der Waals surface area (Å²) in [6, 6.07) is 21.6. The molecule has 1 atom stereocenters. The predicted octanol–water partition coefficient (Wildman–Crippen LogP) is 4.65. The van der Waals surface area contributed by atoms with Crippen LogP contribution in [0.3, 0.4) is 0 Å². The number of carbonyl (C=O) groups excluding carboxylic acids is 1. The fourth-order valence-electron chi connectivity index (χ4n) is 5.00. The number of aliphatic carboxylic acids is 1. The molecule has 2 N–H and O–H groups in total. The molecule has 0 saturated heterocycles. The Kier molecular flexibility index (Phi) is 7.97. The van der Waals surface area contributed by atoms with Crippen molar-refractivity contribution in [2.75, 3.05) is 7.11 Å². The van der Waals surface area contributed by atoms with Crippen LogP contribution in [0.15, 0.2) is 83.8 Å². The number of sulfone groups is 1. The molecular weight excluding hydrogens is 490 g/mol. The molecule has 0 radical (unpaired) electrons. The molecule has 0 heterocycles. The number of ether oxygens (including phenoxy) is 1. The highest BCUT2D eigenvalue weighted by molar-refractivity contribution is 7.93. The van der Waals surface area contributed by atoms with Gasteiger partial charge in [-0.25, -0.2) is 13.2 Å². The van der Waals surface area contributed by atoms with Crippen molar-refractivity contribution in [1.82, 2.24) is 5.32 Å². The molecule has 4 rings (SSSR count). The zero-order valence-electron chi connectivity index (χ0n) is 20.7. The van der Waals surface area contributed by atoms with E-state index in [9.17, 15) is 23.1 Å². The van der Waals surface area contributed by atoms with Crippen molar-refractivity contribution in [3.63, 3.8) is 0 Å². The van der Waals surface area contributed by atoms with E-state index in [1.807, 2.05) is 36.4 Å². The first-order valence-corrected chi connectivity index (χ1v) is 13.8. The van der Waals surface area contributed by atoms with Crippen LogP contribution in [0.25, 0.3) is 11.1 Å². The number of hydrogen-bond acceptors (Lipinski definition) is 5. The zero-order chi connectivity index (χ0) is 26.5. The van der Waals surface area contributed by atoms with Gasteiger partial charge in [-0.2, -0.15) is 0 Å². The molecule has 1 amide bonds. The van der Waals surface area contributed by atoms with Gasteiger partial charge in [-0.3, -0.25) is 4.79 Å². The van der Waals surface area contributed by atoms with Crippen molar-refractivity contribution < 1.29 is 27.9 Å². The molecule has 1 saturated carbocycles. The maximum atomic E-state index is 13.7. The van der Waals surface area contributed by atoms with Crippen LogP contribution in [0, 0.1) is 0 Å². The van der Waals surface area contributed by atoms with Gasteiger partial charge in [0.25, 0.3) is 0 Å². The Balaban J connectivity index is 1.57. The summed E-state index contributed by atoms with van der Waals surface area (Å²) < 4.78 is 31.1. The molecule has 194 valence electrons. The van der Waals surface area contributed by atoms with Gasteiger partial charge in [0.15, 0.2) is 14.6 Å². The van der Waals surface area contributed by atoms with Gasteiger partial charge in [0.1, 0.15) is 11.8 Å². The number of nitrogens with one attached hydrogen (secondary N) is 1. The van der Waals surface area contributed by atoms with E-state index in [0.717, 1.165) is 23.3 Å². The van der Waals surface area contributed by atoms with Crippen molar-refractivity contribution in [1.29, 1.82) is 0 Å². The Morgan fingerprint density at radius 3 is 2.16 bits per heavy atom. The largest absolute Gasteiger partial charge is 0.496 e. The molecule has 7 nitrogen and oxygen atoms in total. The number of benzene rings is 3. The van der Waals surface area contributed by atoms with Crippen molar-refractivity contribution in [3.05, 3.63) is 84.4 Å². The number of methoxy groups -OCH3 is 1. The van der Waals surface area contributed by atoms with Crippen LogP contribution in [-0.2, 0) is 25.8 Å². The number of carboxylic acids is 1. The van der Waals surface area contributed by atoms with Crippen molar-refractivity contribution >= 4 is 21.7 Å². The average Bonchev–Trinajstić information content (AvgIpc) is 2.93. The standard InChI is InChI=1S/C29H31NO6S/c1-36-26-13-7-6-12-24(26)22-16-14-21(15-17-22)20-25(27(31)32)30-28(33)29(18-8-3-9-19-29)37(34,35)23-10-4-2-5-11-23/h2,4-7,10-17,25H,3,8-9,18-20H2,1H3,(H,30,33)(H,31,32)/t25-/m0/s1. The van der Waals surface area contributed by atoms with Gasteiger partial charge in [-0.1, -0.05) is 79.9 Å². The van der Waals surface area contributed by atoms with Crippen LogP contribution in [0.2, 0.25) is 0 Å². The summed E-state index contributed by atoms with van der Waals surface area (Å²) in [7, 11) is -2.43. The molecular formula is C29H31NO6S. The highest BCUT2D eigenvalue weighted by Gasteiger charge is 2.52. The molecule has 8 heteroatoms. The molecule has 0 aliphatic heterocycles. The number of carboxylic acid groups (broad SMARTS) is 1. The van der Waals surface area contributed by atoms with Crippen LogP contribution in [0.1, 0.15) is 37.7 Å². The van der Waals surface area contributed by atoms with Gasteiger partial charge < -0.3 is 15.2 Å². The quantitative estimate of drug-likeness (QED) is 0.424. The second kappa shape index (κ2) is 11.2. The van der Waals surface area contributed by atoms with E-state index in [1.165, 1.54) is 12.1 Å². The Bertz CT molecular complexity index is 1350. The van der Waals surface area contributed by atoms with Crippen LogP contribution < -0.4 is 10.1 Å². The average molecular weight is 522 g/mol. The van der Waals surface area contributed by atoms with Crippen LogP contribution in [-0.4, -0.2) is 43.3 Å². The smallest absolute Gasteiger partial charge is 0.326 e. The summed E-state index contributed by atoms with van der Waals surface area (Å²) in [5, 5.41) is 12.5. The van der Waals surface area contributed by atoms with E-state index in [1.54, 1.807) is 37.4 Å². The second-order valence-corrected chi connectivity index (χ2v) is 11.6. The Hall–Kier alpha value is -3.65. The lowest BCUT2D eigenvalue weighted by molar-refractivity contribution is -0.142. The summed E-state index contributed by atoms with van der Waals surface area (Å²) >= 11 is 0. The van der Waals surface area contributed by atoms with Gasteiger partial charge in [0.05, 0.1) is 12.0 Å². The highest BCUT2D eigenvalue weighted by atomic mass is 32.2. The predicted molar refractivity (Wildman–Crippen MR) is 141 cm³/mol. The zero-order valence-corrected chi connectivity index (χ0v) is 21.5. The van der Waals surface area contributed by atoms with Crippen LogP contribution in [0.5, 0.6) is 5.75 Å². The van der Waals surface area contributed by atoms with E-state index in [-0.39, 0.29) is 24.2 Å². The summed E-state index contributed by atoms with van der Waals surface area (Å²) in [4.78, 5) is 25.8. The van der Waals surface area contributed by atoms with Crippen LogP contribution >= 0.6 is 0 Å². The molecule has 0 spiro atoms. The molecule has 1 fully saturated rings. The minimum atomic E-state index is -4.03. The Morgan fingerprint density at radius 1 is 0.919 bits per heavy atom. The first-order valence-electron chi connectivity index (χ1n) is 12.3. The van der Waals surface area contributed by atoms with Gasteiger partial charge >= 0.3 is 5.97 Å². The van der Waals surface area contributed by atoms with Gasteiger partial charge in [-0.15, -0.1) is 0 Å². The summed E-state index contributed by atoms with van der Waals surface area (Å²) in [5.74, 6) is -1.23. The molecule has 0 bridgehead atoms. The SMILES string of the molecule is COc1ccccc1-c1ccc(C[C@H](NC(=O)C2(S(=O)(=O)c3ccccc3)CCCCC2)C(=O)O)cc1. The third kappa shape index (κ3) is 5.39. The van der Waals surface area contributed by atoms with E-state index >= 15 is 0 Å². The monoisotopic (exact) mass is 521 g/mol. The van der Waals surface area contributed by atoms with Gasteiger partial charge in [0.2, 0.25) is 5.91 Å². The number of para-hydroxylation sites is 1. The van der Waals surface area contributed by atoms with E-state index in [4.69, 9.17) is 4.74 Å². The lowest BCUT2D eigenvalue weighted by atomic mass is 9.87. The number of amides is 1. The fraction of sp³-hybridized carbons (Fsp3) is 0.310. The normalized spacial score (nSPS) is 15.9. The maximum Gasteiger partial charge on any atom is 0.326 e. The first-order chi connectivity index (χ1) is 17.8. The molecule has 3 aromatic carbocycles. The molecule has 0 unspecified atom stereocenters. The van der Waals surface area contributed by atoms with Gasteiger partial charge in [0, 0.05) is 12.0 Å². The number of hydrogen-bond donors (Lipinski definition) is 2. The highest BCUT2D eigenvalue weighted by Crippen LogP contribution is 2.39. The molecule has 37 heavy (non-hydrogen) atoms.